The Morgan fingerprint density at radius 2 is 1.86 bits per heavy atom. The van der Waals surface area contributed by atoms with Crippen LogP contribution in [0.15, 0.2) is 0 Å². The fraction of sp³-hybridized carbons (Fsp3) is 1.00. The Balaban J connectivity index is 3.98. The summed E-state index contributed by atoms with van der Waals surface area (Å²) in [7, 11) is 0. The fourth-order valence-electron chi connectivity index (χ4n) is 1.45. The van der Waals surface area contributed by atoms with E-state index < -0.39 is 0 Å². The molecule has 0 rings (SSSR count). The summed E-state index contributed by atoms with van der Waals surface area (Å²) in [5, 5.41) is 0. The topological polar surface area (TPSA) is 35.2 Å². The van der Waals surface area contributed by atoms with Crippen molar-refractivity contribution in [2.75, 3.05) is 6.61 Å². The van der Waals surface area contributed by atoms with Gasteiger partial charge in [-0.2, -0.15) is 0 Å². The summed E-state index contributed by atoms with van der Waals surface area (Å²) in [4.78, 5) is 0. The van der Waals surface area contributed by atoms with Gasteiger partial charge in [-0.3, -0.25) is 0 Å². The van der Waals surface area contributed by atoms with E-state index in [4.69, 9.17) is 10.5 Å². The van der Waals surface area contributed by atoms with Crippen LogP contribution in [0.3, 0.4) is 0 Å². The SMILES string of the molecule is CCC(C)COC(C)(CC)CC(C)N. The summed E-state index contributed by atoms with van der Waals surface area (Å²) in [6, 6.07) is 0.219. The zero-order valence-electron chi connectivity index (χ0n) is 10.5. The molecule has 0 aliphatic rings. The summed E-state index contributed by atoms with van der Waals surface area (Å²) >= 11 is 0. The molecule has 0 aromatic carbocycles. The van der Waals surface area contributed by atoms with Crippen LogP contribution in [-0.2, 0) is 4.74 Å². The highest BCUT2D eigenvalue weighted by molar-refractivity contribution is 4.77. The van der Waals surface area contributed by atoms with Gasteiger partial charge >= 0.3 is 0 Å². The number of ether oxygens (including phenoxy) is 1. The van der Waals surface area contributed by atoms with Gasteiger partial charge in [0, 0.05) is 12.6 Å². The van der Waals surface area contributed by atoms with E-state index in [-0.39, 0.29) is 11.6 Å². The van der Waals surface area contributed by atoms with Crippen molar-refractivity contribution < 1.29 is 4.74 Å². The van der Waals surface area contributed by atoms with Gasteiger partial charge in [-0.15, -0.1) is 0 Å². The number of nitrogens with two attached hydrogens (primary N) is 1. The first-order chi connectivity index (χ1) is 6.43. The molecule has 0 aliphatic carbocycles. The Hall–Kier alpha value is -0.0800. The van der Waals surface area contributed by atoms with Crippen molar-refractivity contribution in [3.8, 4) is 0 Å². The molecular formula is C12H27NO. The Morgan fingerprint density at radius 1 is 1.29 bits per heavy atom. The van der Waals surface area contributed by atoms with Crippen molar-refractivity contribution in [1.82, 2.24) is 0 Å². The molecule has 0 aromatic rings. The highest BCUT2D eigenvalue weighted by atomic mass is 16.5. The van der Waals surface area contributed by atoms with Crippen LogP contribution >= 0.6 is 0 Å². The second kappa shape index (κ2) is 6.41. The average molecular weight is 201 g/mol. The molecule has 0 amide bonds. The molecule has 0 saturated carbocycles. The molecule has 0 spiro atoms. The maximum Gasteiger partial charge on any atom is 0.0666 e. The highest BCUT2D eigenvalue weighted by Crippen LogP contribution is 2.22. The minimum Gasteiger partial charge on any atom is -0.375 e. The standard InChI is InChI=1S/C12H27NO/c1-6-10(3)9-14-12(5,7-2)8-11(4)13/h10-11H,6-9,13H2,1-5H3. The van der Waals surface area contributed by atoms with E-state index in [9.17, 15) is 0 Å². The maximum atomic E-state index is 5.96. The van der Waals surface area contributed by atoms with E-state index in [0.29, 0.717) is 5.92 Å². The molecule has 86 valence electrons. The average Bonchev–Trinajstić information content (AvgIpc) is 2.13. The molecule has 0 aromatic heterocycles. The summed E-state index contributed by atoms with van der Waals surface area (Å²) < 4.78 is 5.96. The molecule has 0 fully saturated rings. The summed E-state index contributed by atoms with van der Waals surface area (Å²) in [6.45, 7) is 11.6. The lowest BCUT2D eigenvalue weighted by molar-refractivity contribution is -0.0571. The third-order valence-corrected chi connectivity index (χ3v) is 2.91. The van der Waals surface area contributed by atoms with Crippen LogP contribution in [0, 0.1) is 5.92 Å². The van der Waals surface area contributed by atoms with Gasteiger partial charge in [0.05, 0.1) is 5.60 Å². The molecule has 3 atom stereocenters. The molecule has 2 nitrogen and oxygen atoms in total. The zero-order valence-corrected chi connectivity index (χ0v) is 10.5. The Morgan fingerprint density at radius 3 is 2.21 bits per heavy atom. The maximum absolute atomic E-state index is 5.96. The van der Waals surface area contributed by atoms with Crippen molar-refractivity contribution in [1.29, 1.82) is 0 Å². The Kier molecular flexibility index (Phi) is 6.38. The van der Waals surface area contributed by atoms with Gasteiger partial charge in [0.15, 0.2) is 0 Å². The van der Waals surface area contributed by atoms with Crippen molar-refractivity contribution in [2.45, 2.75) is 65.5 Å². The summed E-state index contributed by atoms with van der Waals surface area (Å²) in [6.07, 6.45) is 3.16. The van der Waals surface area contributed by atoms with Gasteiger partial charge in [-0.25, -0.2) is 0 Å². The highest BCUT2D eigenvalue weighted by Gasteiger charge is 2.24. The van der Waals surface area contributed by atoms with Crippen molar-refractivity contribution in [3.63, 3.8) is 0 Å². The van der Waals surface area contributed by atoms with Gasteiger partial charge in [0.1, 0.15) is 0 Å². The van der Waals surface area contributed by atoms with E-state index in [1.54, 1.807) is 0 Å². The van der Waals surface area contributed by atoms with Gasteiger partial charge in [-0.05, 0) is 32.6 Å². The zero-order chi connectivity index (χ0) is 11.2. The Labute approximate surface area is 89.2 Å². The molecule has 0 radical (unpaired) electrons. The van der Waals surface area contributed by atoms with Crippen LogP contribution in [0.4, 0.5) is 0 Å². The predicted molar refractivity (Wildman–Crippen MR) is 62.4 cm³/mol. The largest absolute Gasteiger partial charge is 0.375 e. The van der Waals surface area contributed by atoms with E-state index in [1.165, 1.54) is 6.42 Å². The number of hydrogen-bond acceptors (Lipinski definition) is 2. The molecule has 0 saturated heterocycles. The lowest BCUT2D eigenvalue weighted by Crippen LogP contribution is -2.36. The number of rotatable bonds is 7. The van der Waals surface area contributed by atoms with Crippen LogP contribution in [0.1, 0.15) is 53.9 Å². The first kappa shape index (κ1) is 13.9. The van der Waals surface area contributed by atoms with Gasteiger partial charge < -0.3 is 10.5 Å². The quantitative estimate of drug-likeness (QED) is 0.687. The summed E-state index contributed by atoms with van der Waals surface area (Å²) in [5.74, 6) is 0.647. The van der Waals surface area contributed by atoms with E-state index >= 15 is 0 Å². The second-order valence-corrected chi connectivity index (χ2v) is 4.81. The van der Waals surface area contributed by atoms with E-state index in [0.717, 1.165) is 19.4 Å². The molecule has 14 heavy (non-hydrogen) atoms. The van der Waals surface area contributed by atoms with Gasteiger partial charge in [-0.1, -0.05) is 27.2 Å². The van der Waals surface area contributed by atoms with Crippen molar-refractivity contribution in [2.24, 2.45) is 11.7 Å². The second-order valence-electron chi connectivity index (χ2n) is 4.81. The van der Waals surface area contributed by atoms with Crippen LogP contribution in [0.2, 0.25) is 0 Å². The molecule has 2 N–H and O–H groups in total. The fourth-order valence-corrected chi connectivity index (χ4v) is 1.45. The van der Waals surface area contributed by atoms with E-state index in [2.05, 4.69) is 27.7 Å². The Bertz CT molecular complexity index is 147. The lowest BCUT2D eigenvalue weighted by atomic mass is 9.94. The molecule has 0 heterocycles. The minimum atomic E-state index is -0.0302. The molecule has 0 aliphatic heterocycles. The lowest BCUT2D eigenvalue weighted by Gasteiger charge is -2.31. The summed E-state index contributed by atoms with van der Waals surface area (Å²) in [5.41, 5.74) is 5.78. The third kappa shape index (κ3) is 5.61. The number of hydrogen-bond donors (Lipinski definition) is 1. The van der Waals surface area contributed by atoms with Crippen molar-refractivity contribution in [3.05, 3.63) is 0 Å². The van der Waals surface area contributed by atoms with Gasteiger partial charge in [0.2, 0.25) is 0 Å². The molecule has 3 unspecified atom stereocenters. The van der Waals surface area contributed by atoms with Crippen LogP contribution in [0.25, 0.3) is 0 Å². The van der Waals surface area contributed by atoms with Crippen LogP contribution in [0.5, 0.6) is 0 Å². The van der Waals surface area contributed by atoms with Crippen LogP contribution in [-0.4, -0.2) is 18.2 Å². The predicted octanol–water partition coefficient (Wildman–Crippen LogP) is 2.96. The van der Waals surface area contributed by atoms with Crippen molar-refractivity contribution >= 4 is 0 Å². The first-order valence-electron chi connectivity index (χ1n) is 5.83. The van der Waals surface area contributed by atoms with Crippen LogP contribution < -0.4 is 5.73 Å². The van der Waals surface area contributed by atoms with Gasteiger partial charge in [0.25, 0.3) is 0 Å². The first-order valence-corrected chi connectivity index (χ1v) is 5.83. The monoisotopic (exact) mass is 201 g/mol. The molecular weight excluding hydrogens is 174 g/mol. The van der Waals surface area contributed by atoms with E-state index in [1.807, 2.05) is 6.92 Å². The normalized spacial score (nSPS) is 20.1. The smallest absolute Gasteiger partial charge is 0.0666 e. The third-order valence-electron chi connectivity index (χ3n) is 2.91. The minimum absolute atomic E-state index is 0.0302. The molecule has 0 bridgehead atoms. The molecule has 2 heteroatoms.